The zero-order valence-corrected chi connectivity index (χ0v) is 4.83. The van der Waals surface area contributed by atoms with Gasteiger partial charge in [0.2, 0.25) is 0 Å². The lowest BCUT2D eigenvalue weighted by Crippen LogP contribution is -1.68. The summed E-state index contributed by atoms with van der Waals surface area (Å²) in [6, 6.07) is 0. The first-order chi connectivity index (χ1) is 2.27. The van der Waals surface area contributed by atoms with E-state index in [0.717, 1.165) is 0 Å². The molecule has 0 aliphatic carbocycles. The predicted molar refractivity (Wildman–Crippen MR) is 24.1 cm³/mol. The summed E-state index contributed by atoms with van der Waals surface area (Å²) in [5, 5.41) is 0. The summed E-state index contributed by atoms with van der Waals surface area (Å²) in [6.07, 6.45) is 0. The van der Waals surface area contributed by atoms with Gasteiger partial charge in [-0.1, -0.05) is 15.9 Å². The molecule has 0 saturated carbocycles. The van der Waals surface area contributed by atoms with Gasteiger partial charge in [-0.3, -0.25) is 0 Å². The van der Waals surface area contributed by atoms with Gasteiger partial charge in [-0.2, -0.15) is 0 Å². The van der Waals surface area contributed by atoms with Crippen LogP contribution in [0, 0.1) is 0 Å². The van der Waals surface area contributed by atoms with E-state index in [1.807, 2.05) is 0 Å². The molecular formula is CH3BrO2S. The van der Waals surface area contributed by atoms with Crippen molar-refractivity contribution in [2.45, 2.75) is 0 Å². The molecule has 4 heteroatoms. The summed E-state index contributed by atoms with van der Waals surface area (Å²) in [4.78, 5) is 0. The van der Waals surface area contributed by atoms with Gasteiger partial charge in [-0.25, -0.2) is 8.42 Å². The van der Waals surface area contributed by atoms with Gasteiger partial charge in [0.1, 0.15) is 15.4 Å². The molecule has 0 unspecified atom stereocenters. The van der Waals surface area contributed by atoms with E-state index in [9.17, 15) is 8.42 Å². The zero-order valence-electron chi connectivity index (χ0n) is 2.35. The molecule has 0 fully saturated rings. The Labute approximate surface area is 40.3 Å². The van der Waals surface area contributed by atoms with E-state index in [4.69, 9.17) is 0 Å². The lowest BCUT2D eigenvalue weighted by atomic mass is 11.9. The van der Waals surface area contributed by atoms with Crippen molar-refractivity contribution < 1.29 is 8.42 Å². The third kappa shape index (κ3) is 4.43. The highest BCUT2D eigenvalue weighted by Crippen LogP contribution is 1.73. The maximum atomic E-state index is 9.36. The number of halogens is 1. The summed E-state index contributed by atoms with van der Waals surface area (Å²) >= 11 is 2.72. The summed E-state index contributed by atoms with van der Waals surface area (Å²) in [7, 11) is -2.18. The first-order valence-electron chi connectivity index (χ1n) is 0.949. The molecule has 0 aromatic rings. The van der Waals surface area contributed by atoms with Crippen LogP contribution in [0.5, 0.6) is 0 Å². The van der Waals surface area contributed by atoms with Crippen LogP contribution in [-0.2, 0) is 10.7 Å². The van der Waals surface area contributed by atoms with Gasteiger partial charge in [0.25, 0.3) is 0 Å². The molecular weight excluding hydrogens is 156 g/mol. The van der Waals surface area contributed by atoms with Crippen LogP contribution in [0.1, 0.15) is 0 Å². The van der Waals surface area contributed by atoms with E-state index in [0.29, 0.717) is 0 Å². The van der Waals surface area contributed by atoms with Crippen LogP contribution < -0.4 is 0 Å². The SMILES string of the molecule is O=[SH](=O)CBr. The molecule has 0 spiro atoms. The predicted octanol–water partition coefficient (Wildman–Crippen LogP) is -0.0498. The maximum absolute atomic E-state index is 9.36. The highest BCUT2D eigenvalue weighted by molar-refractivity contribution is 9.10. The molecule has 0 N–H and O–H groups in total. The Hall–Kier alpha value is 0.430. The normalized spacial score (nSPS) is 9.20. The van der Waals surface area contributed by atoms with Crippen molar-refractivity contribution in [3.05, 3.63) is 0 Å². The van der Waals surface area contributed by atoms with Crippen LogP contribution in [0.3, 0.4) is 0 Å². The fraction of sp³-hybridized carbons (Fsp3) is 1.00. The summed E-state index contributed by atoms with van der Waals surface area (Å²) in [5.74, 6) is 0. The Bertz CT molecular complexity index is 67.7. The third-order valence-corrected chi connectivity index (χ3v) is 1.52. The molecule has 0 aliphatic heterocycles. The van der Waals surface area contributed by atoms with Crippen molar-refractivity contribution in [2.75, 3.05) is 4.66 Å². The Morgan fingerprint density at radius 3 is 1.80 bits per heavy atom. The summed E-state index contributed by atoms with van der Waals surface area (Å²) < 4.78 is 18.8. The number of hydrogen-bond donors (Lipinski definition) is 1. The van der Waals surface area contributed by atoms with E-state index in [-0.39, 0.29) is 4.66 Å². The molecule has 0 radical (unpaired) electrons. The van der Waals surface area contributed by atoms with Crippen molar-refractivity contribution in [3.8, 4) is 0 Å². The minimum absolute atomic E-state index is 0.0718. The fourth-order valence-corrected chi connectivity index (χ4v) is 0. The topological polar surface area (TPSA) is 34.1 Å². The smallest absolute Gasteiger partial charge is 0.150 e. The van der Waals surface area contributed by atoms with Crippen LogP contribution in [0.25, 0.3) is 0 Å². The molecule has 5 heavy (non-hydrogen) atoms. The first-order valence-corrected chi connectivity index (χ1v) is 3.43. The largest absolute Gasteiger partial charge is 0.231 e. The van der Waals surface area contributed by atoms with E-state index in [1.165, 1.54) is 0 Å². The van der Waals surface area contributed by atoms with Crippen LogP contribution in [0.2, 0.25) is 0 Å². The van der Waals surface area contributed by atoms with Crippen LogP contribution in [-0.4, -0.2) is 13.1 Å². The molecule has 0 heterocycles. The number of rotatable bonds is 1. The van der Waals surface area contributed by atoms with Crippen molar-refractivity contribution in [2.24, 2.45) is 0 Å². The third-order valence-electron chi connectivity index (χ3n) is 0.0976. The fourth-order valence-electron chi connectivity index (χ4n) is 0. The van der Waals surface area contributed by atoms with Gasteiger partial charge in [0.05, 0.1) is 0 Å². The van der Waals surface area contributed by atoms with Crippen molar-refractivity contribution in [1.82, 2.24) is 0 Å². The molecule has 0 rings (SSSR count). The molecule has 0 saturated heterocycles. The summed E-state index contributed by atoms with van der Waals surface area (Å²) in [6.45, 7) is 0. The Morgan fingerprint density at radius 2 is 1.80 bits per heavy atom. The Kier molecular flexibility index (Phi) is 2.88. The first kappa shape index (κ1) is 5.43. The second-order valence-corrected chi connectivity index (χ2v) is 2.86. The van der Waals surface area contributed by atoms with Gasteiger partial charge < -0.3 is 0 Å². The number of alkyl halides is 1. The Morgan fingerprint density at radius 1 is 1.60 bits per heavy atom. The minimum Gasteiger partial charge on any atom is -0.231 e. The average molecular weight is 159 g/mol. The van der Waals surface area contributed by atoms with Crippen LogP contribution in [0.4, 0.5) is 0 Å². The van der Waals surface area contributed by atoms with Crippen molar-refractivity contribution in [1.29, 1.82) is 0 Å². The second-order valence-electron chi connectivity index (χ2n) is 0.452. The average Bonchev–Trinajstić information content (AvgIpc) is 1.38. The second kappa shape index (κ2) is 2.66. The highest BCUT2D eigenvalue weighted by Gasteiger charge is 1.68. The monoisotopic (exact) mass is 158 g/mol. The van der Waals surface area contributed by atoms with Gasteiger partial charge in [-0.15, -0.1) is 0 Å². The van der Waals surface area contributed by atoms with Gasteiger partial charge in [0.15, 0.2) is 0 Å². The van der Waals surface area contributed by atoms with Gasteiger partial charge in [-0.05, 0) is 0 Å². The van der Waals surface area contributed by atoms with Crippen molar-refractivity contribution in [3.63, 3.8) is 0 Å². The van der Waals surface area contributed by atoms with Crippen molar-refractivity contribution >= 4 is 26.6 Å². The standard InChI is InChI=1S/CH3BrO2S/c2-1-5(3)4/h5H,1H2. The zero-order chi connectivity index (χ0) is 4.28. The van der Waals surface area contributed by atoms with Gasteiger partial charge >= 0.3 is 0 Å². The maximum Gasteiger partial charge on any atom is 0.150 e. The van der Waals surface area contributed by atoms with E-state index < -0.39 is 10.7 Å². The molecule has 0 aromatic carbocycles. The Balaban J connectivity index is 3.23. The summed E-state index contributed by atoms with van der Waals surface area (Å²) in [5.41, 5.74) is 0. The van der Waals surface area contributed by atoms with Gasteiger partial charge in [0, 0.05) is 0 Å². The quantitative estimate of drug-likeness (QED) is 0.430. The van der Waals surface area contributed by atoms with E-state index in [2.05, 4.69) is 15.9 Å². The number of thiol groups is 1. The molecule has 2 nitrogen and oxygen atoms in total. The lowest BCUT2D eigenvalue weighted by molar-refractivity contribution is 0.619. The lowest BCUT2D eigenvalue weighted by Gasteiger charge is -1.58. The van der Waals surface area contributed by atoms with Crippen LogP contribution >= 0.6 is 15.9 Å². The molecule has 0 bridgehead atoms. The number of hydrogen-bond acceptors (Lipinski definition) is 2. The minimum atomic E-state index is -2.18. The van der Waals surface area contributed by atoms with E-state index >= 15 is 0 Å². The van der Waals surface area contributed by atoms with Crippen LogP contribution in [0.15, 0.2) is 0 Å². The molecule has 32 valence electrons. The molecule has 0 amide bonds. The molecule has 0 aromatic heterocycles. The van der Waals surface area contributed by atoms with E-state index in [1.54, 1.807) is 0 Å². The highest BCUT2D eigenvalue weighted by atomic mass is 79.9. The molecule has 0 aliphatic rings. The molecule has 0 atom stereocenters.